The molecule has 0 aliphatic rings. The number of fused-ring (bicyclic) bond motifs is 3. The topological polar surface area (TPSA) is 104 Å². The van der Waals surface area contributed by atoms with Gasteiger partial charge in [-0.2, -0.15) is 0 Å². The van der Waals surface area contributed by atoms with Gasteiger partial charge in [0.2, 0.25) is 0 Å². The lowest BCUT2D eigenvalue weighted by atomic mass is 10.0. The molecule has 1 heterocycles. The molecule has 1 aromatic heterocycles. The Bertz CT molecular complexity index is 1180. The van der Waals surface area contributed by atoms with Crippen LogP contribution in [0.15, 0.2) is 48.5 Å². The smallest absolute Gasteiger partial charge is 0.419 e. The van der Waals surface area contributed by atoms with Crippen molar-refractivity contribution >= 4 is 45.6 Å². The standard InChI is InChI=1S/C26H29FN2O6/c1-4-13-34-23(31)14-19(22(30)15-27)28-25(32)24(16(2)3)35-26(33)29-20-11-7-5-9-17(20)18-10-6-8-12-21(18)29/h5-12,16,19,24H,4,13-15H2,1-3H3,(H,28,32)/t19?,24-/m0/s1. The predicted octanol–water partition coefficient (Wildman–Crippen LogP) is 4.17. The maximum Gasteiger partial charge on any atom is 0.419 e. The van der Waals surface area contributed by atoms with Crippen molar-refractivity contribution in [2.75, 3.05) is 13.3 Å². The third-order valence-corrected chi connectivity index (χ3v) is 5.53. The van der Waals surface area contributed by atoms with E-state index in [0.717, 1.165) is 10.8 Å². The second-order valence-electron chi connectivity index (χ2n) is 8.50. The van der Waals surface area contributed by atoms with Crippen LogP contribution in [0.5, 0.6) is 0 Å². The van der Waals surface area contributed by atoms with E-state index in [1.54, 1.807) is 45.0 Å². The molecule has 3 rings (SSSR count). The minimum atomic E-state index is -1.43. The first-order chi connectivity index (χ1) is 16.8. The zero-order valence-corrected chi connectivity index (χ0v) is 20.0. The van der Waals surface area contributed by atoms with Gasteiger partial charge >= 0.3 is 12.1 Å². The highest BCUT2D eigenvalue weighted by Crippen LogP contribution is 2.29. The monoisotopic (exact) mass is 484 g/mol. The average molecular weight is 485 g/mol. The number of rotatable bonds is 10. The molecule has 9 heteroatoms. The number of benzene rings is 2. The molecule has 0 bridgehead atoms. The van der Waals surface area contributed by atoms with Crippen molar-refractivity contribution in [2.45, 2.75) is 45.8 Å². The molecule has 0 spiro atoms. The molecule has 3 aromatic rings. The van der Waals surface area contributed by atoms with Crippen molar-refractivity contribution in [3.05, 3.63) is 48.5 Å². The number of hydrogen-bond donors (Lipinski definition) is 1. The summed E-state index contributed by atoms with van der Waals surface area (Å²) in [5.41, 5.74) is 1.23. The van der Waals surface area contributed by atoms with Gasteiger partial charge in [-0.3, -0.25) is 14.4 Å². The Labute approximate surface area is 202 Å². The van der Waals surface area contributed by atoms with Crippen molar-refractivity contribution in [3.63, 3.8) is 0 Å². The van der Waals surface area contributed by atoms with Gasteiger partial charge in [0.15, 0.2) is 11.9 Å². The molecule has 0 aliphatic carbocycles. The van der Waals surface area contributed by atoms with Crippen LogP contribution in [-0.2, 0) is 23.9 Å². The number of nitrogens with zero attached hydrogens (tertiary/aromatic N) is 1. The molecule has 1 amide bonds. The quantitative estimate of drug-likeness (QED) is 0.433. The van der Waals surface area contributed by atoms with E-state index in [1.807, 2.05) is 24.3 Å². The van der Waals surface area contributed by atoms with Gasteiger partial charge in [-0.25, -0.2) is 13.8 Å². The Hall–Kier alpha value is -3.75. The summed E-state index contributed by atoms with van der Waals surface area (Å²) in [6.07, 6.45) is -2.00. The number of amides is 1. The van der Waals surface area contributed by atoms with E-state index in [9.17, 15) is 23.6 Å². The molecule has 0 fully saturated rings. The second kappa shape index (κ2) is 11.6. The molecule has 1 unspecified atom stereocenters. The molecule has 2 atom stereocenters. The lowest BCUT2D eigenvalue weighted by molar-refractivity contribution is -0.146. The molecule has 0 saturated carbocycles. The molecular weight excluding hydrogens is 455 g/mol. The maximum atomic E-state index is 13.3. The Kier molecular flexibility index (Phi) is 8.57. The van der Waals surface area contributed by atoms with Gasteiger partial charge in [0.05, 0.1) is 24.1 Å². The number of ether oxygens (including phenoxy) is 2. The summed E-state index contributed by atoms with van der Waals surface area (Å²) < 4.78 is 25.0. The highest BCUT2D eigenvalue weighted by atomic mass is 19.1. The molecule has 2 aromatic carbocycles. The van der Waals surface area contributed by atoms with Crippen LogP contribution in [0.2, 0.25) is 0 Å². The number of para-hydroxylation sites is 2. The van der Waals surface area contributed by atoms with Crippen LogP contribution in [0.3, 0.4) is 0 Å². The number of carbonyl (C=O) groups is 4. The van der Waals surface area contributed by atoms with Gasteiger partial charge in [0, 0.05) is 10.8 Å². The maximum absolute atomic E-state index is 13.3. The third kappa shape index (κ3) is 5.85. The lowest BCUT2D eigenvalue weighted by Crippen LogP contribution is -2.50. The summed E-state index contributed by atoms with van der Waals surface area (Å²) >= 11 is 0. The fourth-order valence-corrected chi connectivity index (χ4v) is 3.81. The minimum Gasteiger partial charge on any atom is -0.466 e. The largest absolute Gasteiger partial charge is 0.466 e. The predicted molar refractivity (Wildman–Crippen MR) is 129 cm³/mol. The van der Waals surface area contributed by atoms with Crippen molar-refractivity contribution in [1.82, 2.24) is 9.88 Å². The van der Waals surface area contributed by atoms with Crippen molar-refractivity contribution in [1.29, 1.82) is 0 Å². The number of Topliss-reactive ketones (excluding diaryl/α,β-unsaturated/α-hetero) is 1. The van der Waals surface area contributed by atoms with Crippen LogP contribution in [0.1, 0.15) is 33.6 Å². The van der Waals surface area contributed by atoms with Crippen molar-refractivity contribution < 1.29 is 33.0 Å². The van der Waals surface area contributed by atoms with Crippen molar-refractivity contribution in [3.8, 4) is 0 Å². The summed E-state index contributed by atoms with van der Waals surface area (Å²) in [7, 11) is 0. The normalized spacial score (nSPS) is 12.9. The van der Waals surface area contributed by atoms with E-state index < -0.39 is 54.9 Å². The highest BCUT2D eigenvalue weighted by molar-refractivity contribution is 6.12. The molecule has 35 heavy (non-hydrogen) atoms. The highest BCUT2D eigenvalue weighted by Gasteiger charge is 2.32. The third-order valence-electron chi connectivity index (χ3n) is 5.53. The summed E-state index contributed by atoms with van der Waals surface area (Å²) in [4.78, 5) is 50.3. The molecule has 8 nitrogen and oxygen atoms in total. The number of hydrogen-bond acceptors (Lipinski definition) is 6. The molecule has 0 aliphatic heterocycles. The average Bonchev–Trinajstić information content (AvgIpc) is 3.19. The number of esters is 1. The van der Waals surface area contributed by atoms with Gasteiger partial charge in [-0.15, -0.1) is 0 Å². The van der Waals surface area contributed by atoms with Crippen LogP contribution < -0.4 is 5.32 Å². The van der Waals surface area contributed by atoms with Crippen LogP contribution in [0.4, 0.5) is 9.18 Å². The van der Waals surface area contributed by atoms with Crippen LogP contribution >= 0.6 is 0 Å². The van der Waals surface area contributed by atoms with Crippen LogP contribution in [-0.4, -0.2) is 53.7 Å². The fraction of sp³-hybridized carbons (Fsp3) is 0.385. The fourth-order valence-electron chi connectivity index (χ4n) is 3.81. The number of alkyl halides is 1. The first kappa shape index (κ1) is 25.9. The number of nitrogens with one attached hydrogen (secondary N) is 1. The first-order valence-electron chi connectivity index (χ1n) is 11.5. The SMILES string of the molecule is CCCOC(=O)CC(NC(=O)[C@@H](OC(=O)n1c2ccccc2c2ccccc21)C(C)C)C(=O)CF. The number of carbonyl (C=O) groups excluding carboxylic acids is 4. The second-order valence-corrected chi connectivity index (χ2v) is 8.50. The molecule has 1 N–H and O–H groups in total. The summed E-state index contributed by atoms with van der Waals surface area (Å²) in [5.74, 6) is -2.98. The van der Waals surface area contributed by atoms with Crippen LogP contribution in [0, 0.1) is 5.92 Å². The van der Waals surface area contributed by atoms with Gasteiger partial charge in [0.1, 0.15) is 12.7 Å². The van der Waals surface area contributed by atoms with E-state index in [-0.39, 0.29) is 6.61 Å². The lowest BCUT2D eigenvalue weighted by Gasteiger charge is -2.24. The zero-order valence-electron chi connectivity index (χ0n) is 20.0. The molecular formula is C26H29FN2O6. The van der Waals surface area contributed by atoms with E-state index in [4.69, 9.17) is 9.47 Å². The summed E-state index contributed by atoms with van der Waals surface area (Å²) in [6.45, 7) is 3.93. The number of halogens is 1. The summed E-state index contributed by atoms with van der Waals surface area (Å²) in [6, 6.07) is 13.2. The molecule has 0 radical (unpaired) electrons. The van der Waals surface area contributed by atoms with E-state index in [1.165, 1.54) is 4.57 Å². The Balaban J connectivity index is 1.84. The summed E-state index contributed by atoms with van der Waals surface area (Å²) in [5, 5.41) is 4.07. The Morgan fingerprint density at radius 1 is 0.971 bits per heavy atom. The van der Waals surface area contributed by atoms with Gasteiger partial charge in [0.25, 0.3) is 5.91 Å². The van der Waals surface area contributed by atoms with Crippen LogP contribution in [0.25, 0.3) is 21.8 Å². The Morgan fingerprint density at radius 3 is 2.06 bits per heavy atom. The molecule has 0 saturated heterocycles. The van der Waals surface area contributed by atoms with E-state index >= 15 is 0 Å². The van der Waals surface area contributed by atoms with E-state index in [2.05, 4.69) is 5.32 Å². The van der Waals surface area contributed by atoms with Gasteiger partial charge < -0.3 is 14.8 Å². The first-order valence-corrected chi connectivity index (χ1v) is 11.5. The number of ketones is 1. The zero-order chi connectivity index (χ0) is 25.5. The minimum absolute atomic E-state index is 0.147. The van der Waals surface area contributed by atoms with E-state index in [0.29, 0.717) is 17.5 Å². The number of aromatic nitrogens is 1. The van der Waals surface area contributed by atoms with Crippen molar-refractivity contribution in [2.24, 2.45) is 5.92 Å². The Morgan fingerprint density at radius 2 is 1.54 bits per heavy atom. The molecule has 186 valence electrons. The van der Waals surface area contributed by atoms with Gasteiger partial charge in [-0.05, 0) is 24.5 Å². The van der Waals surface area contributed by atoms with Gasteiger partial charge in [-0.1, -0.05) is 57.2 Å².